The minimum atomic E-state index is -5.38. The van der Waals surface area contributed by atoms with Crippen LogP contribution in [0.5, 0.6) is 11.5 Å². The molecule has 0 fully saturated rings. The molecular weight excluding hydrogens is 486 g/mol. The Kier molecular flexibility index (Phi) is 7.01. The first-order valence-corrected chi connectivity index (χ1v) is 9.50. The topological polar surface area (TPSA) is 109 Å². The Balaban J connectivity index is 2.13. The van der Waals surface area contributed by atoms with Gasteiger partial charge in [-0.3, -0.25) is 4.79 Å². The number of aromatic carboxylic acids is 1. The number of hydrogen-bond donors (Lipinski definition) is 3. The van der Waals surface area contributed by atoms with Crippen LogP contribution in [0, 0.1) is 0 Å². The highest BCUT2D eigenvalue weighted by Crippen LogP contribution is 2.43. The van der Waals surface area contributed by atoms with E-state index in [-0.39, 0.29) is 30.2 Å². The van der Waals surface area contributed by atoms with Crippen LogP contribution in [0.1, 0.15) is 37.5 Å². The number of benzene rings is 2. The second-order valence-electron chi connectivity index (χ2n) is 6.99. The highest BCUT2D eigenvalue weighted by molar-refractivity contribution is 6.07. The molecule has 13 heteroatoms. The quantitative estimate of drug-likeness (QED) is 0.394. The maximum atomic E-state index is 13.8. The van der Waals surface area contributed by atoms with Crippen molar-refractivity contribution in [3.05, 3.63) is 82.7 Å². The largest absolute Gasteiger partial charge is 0.477 e. The molecule has 0 unspecified atom stereocenters. The number of anilines is 1. The van der Waals surface area contributed by atoms with Crippen LogP contribution in [0.15, 0.2) is 54.7 Å². The van der Waals surface area contributed by atoms with E-state index in [1.54, 1.807) is 0 Å². The number of aliphatic hydroxyl groups excluding tert-OH is 1. The van der Waals surface area contributed by atoms with Gasteiger partial charge in [0.2, 0.25) is 0 Å². The van der Waals surface area contributed by atoms with Crippen molar-refractivity contribution in [3.63, 3.8) is 0 Å². The van der Waals surface area contributed by atoms with E-state index in [1.807, 2.05) is 0 Å². The number of hydrogen-bond acceptors (Lipinski definition) is 5. The summed E-state index contributed by atoms with van der Waals surface area (Å²) in [7, 11) is 0. The predicted molar refractivity (Wildman–Crippen MR) is 108 cm³/mol. The second-order valence-corrected chi connectivity index (χ2v) is 6.99. The molecule has 0 spiro atoms. The fourth-order valence-electron chi connectivity index (χ4n) is 2.90. The lowest BCUT2D eigenvalue weighted by Crippen LogP contribution is -2.21. The SMILES string of the molecule is O=C(O)c1ccc(NC(=O)c2c(Oc3ccc(CO)cc3)cc(C(F)(F)F)cc2C(F)(F)F)cn1. The fraction of sp³-hybridized carbons (Fsp3) is 0.136. The number of aromatic nitrogens is 1. The van der Waals surface area contributed by atoms with Crippen molar-refractivity contribution in [1.82, 2.24) is 4.98 Å². The number of nitrogens with one attached hydrogen (secondary N) is 1. The highest BCUT2D eigenvalue weighted by atomic mass is 19.4. The molecule has 2 aromatic carbocycles. The average Bonchev–Trinajstić information content (AvgIpc) is 2.78. The summed E-state index contributed by atoms with van der Waals surface area (Å²) in [5.74, 6) is -4.10. The van der Waals surface area contributed by atoms with Gasteiger partial charge in [-0.15, -0.1) is 0 Å². The molecule has 0 atom stereocenters. The molecule has 1 amide bonds. The van der Waals surface area contributed by atoms with Gasteiger partial charge in [0.15, 0.2) is 0 Å². The zero-order valence-corrected chi connectivity index (χ0v) is 17.2. The summed E-state index contributed by atoms with van der Waals surface area (Å²) in [5.41, 5.74) is -5.07. The number of carboxylic acids is 1. The fourth-order valence-corrected chi connectivity index (χ4v) is 2.90. The van der Waals surface area contributed by atoms with E-state index in [0.717, 1.165) is 18.3 Å². The molecule has 0 saturated heterocycles. The summed E-state index contributed by atoms with van der Waals surface area (Å²) in [6.45, 7) is -0.371. The Hall–Kier alpha value is -4.13. The normalized spacial score (nSPS) is 11.7. The summed E-state index contributed by atoms with van der Waals surface area (Å²) >= 11 is 0. The van der Waals surface area contributed by atoms with Crippen LogP contribution in [0.3, 0.4) is 0 Å². The summed E-state index contributed by atoms with van der Waals surface area (Å²) in [6.07, 6.45) is -9.71. The van der Waals surface area contributed by atoms with E-state index in [4.69, 9.17) is 14.9 Å². The highest BCUT2D eigenvalue weighted by Gasteiger charge is 2.42. The number of carboxylic acid groups (broad SMARTS) is 1. The molecule has 1 aromatic heterocycles. The van der Waals surface area contributed by atoms with Gasteiger partial charge in [0.25, 0.3) is 5.91 Å². The minimum absolute atomic E-state index is 0.198. The van der Waals surface area contributed by atoms with Gasteiger partial charge in [-0.2, -0.15) is 26.3 Å². The van der Waals surface area contributed by atoms with Crippen molar-refractivity contribution < 1.29 is 50.9 Å². The van der Waals surface area contributed by atoms with E-state index >= 15 is 0 Å². The van der Waals surface area contributed by atoms with Gasteiger partial charge in [-0.1, -0.05) is 12.1 Å². The van der Waals surface area contributed by atoms with Gasteiger partial charge in [0.05, 0.1) is 35.2 Å². The third kappa shape index (κ3) is 6.06. The van der Waals surface area contributed by atoms with Crippen LogP contribution in [0.4, 0.5) is 32.0 Å². The van der Waals surface area contributed by atoms with Crippen molar-refractivity contribution in [3.8, 4) is 11.5 Å². The number of carbonyl (C=O) groups excluding carboxylic acids is 1. The van der Waals surface area contributed by atoms with Gasteiger partial charge < -0.3 is 20.3 Å². The number of ether oxygens (including phenoxy) is 1. The van der Waals surface area contributed by atoms with Crippen LogP contribution in [-0.2, 0) is 19.0 Å². The number of halogens is 6. The molecule has 1 heterocycles. The third-order valence-electron chi connectivity index (χ3n) is 4.54. The minimum Gasteiger partial charge on any atom is -0.477 e. The molecule has 0 aliphatic rings. The predicted octanol–water partition coefficient (Wildman–Crippen LogP) is 5.35. The summed E-state index contributed by atoms with van der Waals surface area (Å²) in [4.78, 5) is 27.2. The Morgan fingerprint density at radius 3 is 2.09 bits per heavy atom. The van der Waals surface area contributed by atoms with Crippen molar-refractivity contribution in [2.75, 3.05) is 5.32 Å². The molecule has 184 valence electrons. The molecule has 0 aliphatic carbocycles. The van der Waals surface area contributed by atoms with Gasteiger partial charge in [0, 0.05) is 0 Å². The zero-order valence-electron chi connectivity index (χ0n) is 17.2. The molecule has 3 aromatic rings. The number of pyridine rings is 1. The van der Waals surface area contributed by atoms with Crippen LogP contribution in [0.2, 0.25) is 0 Å². The summed E-state index contributed by atoms with van der Waals surface area (Å²) in [5, 5.41) is 20.0. The van der Waals surface area contributed by atoms with E-state index < -0.39 is 52.4 Å². The smallest absolute Gasteiger partial charge is 0.417 e. The maximum Gasteiger partial charge on any atom is 0.417 e. The Morgan fingerprint density at radius 2 is 1.60 bits per heavy atom. The molecule has 35 heavy (non-hydrogen) atoms. The molecule has 0 bridgehead atoms. The number of aliphatic hydroxyl groups is 1. The lowest BCUT2D eigenvalue weighted by Gasteiger charge is -2.20. The number of rotatable bonds is 6. The molecule has 0 radical (unpaired) electrons. The molecular formula is C22H14F6N2O5. The van der Waals surface area contributed by atoms with Crippen molar-refractivity contribution >= 4 is 17.6 Å². The molecule has 7 nitrogen and oxygen atoms in total. The van der Waals surface area contributed by atoms with Gasteiger partial charge in [0.1, 0.15) is 17.2 Å². The van der Waals surface area contributed by atoms with Crippen LogP contribution in [0.25, 0.3) is 0 Å². The van der Waals surface area contributed by atoms with Gasteiger partial charge >= 0.3 is 18.3 Å². The van der Waals surface area contributed by atoms with Crippen molar-refractivity contribution in [2.45, 2.75) is 19.0 Å². The summed E-state index contributed by atoms with van der Waals surface area (Å²) in [6, 6.07) is 7.09. The summed E-state index contributed by atoms with van der Waals surface area (Å²) < 4.78 is 86.6. The van der Waals surface area contributed by atoms with E-state index in [2.05, 4.69) is 10.3 Å². The number of nitrogens with zero attached hydrogens (tertiary/aromatic N) is 1. The number of alkyl halides is 6. The monoisotopic (exact) mass is 500 g/mol. The molecule has 0 saturated carbocycles. The van der Waals surface area contributed by atoms with Gasteiger partial charge in [-0.05, 0) is 42.0 Å². The molecule has 3 rings (SSSR count). The van der Waals surface area contributed by atoms with Crippen LogP contribution < -0.4 is 10.1 Å². The molecule has 0 aliphatic heterocycles. The van der Waals surface area contributed by atoms with Crippen molar-refractivity contribution in [2.24, 2.45) is 0 Å². The zero-order chi connectivity index (χ0) is 26.0. The lowest BCUT2D eigenvalue weighted by atomic mass is 10.0. The van der Waals surface area contributed by atoms with E-state index in [9.17, 15) is 35.9 Å². The first-order chi connectivity index (χ1) is 16.3. The van der Waals surface area contributed by atoms with E-state index in [0.29, 0.717) is 5.56 Å². The van der Waals surface area contributed by atoms with Crippen LogP contribution in [-0.4, -0.2) is 27.1 Å². The lowest BCUT2D eigenvalue weighted by molar-refractivity contribution is -0.143. The second kappa shape index (κ2) is 9.62. The van der Waals surface area contributed by atoms with Gasteiger partial charge in [-0.25, -0.2) is 9.78 Å². The van der Waals surface area contributed by atoms with Crippen molar-refractivity contribution in [1.29, 1.82) is 0 Å². The number of carbonyl (C=O) groups is 2. The maximum absolute atomic E-state index is 13.8. The first-order valence-electron chi connectivity index (χ1n) is 9.50. The number of amides is 1. The van der Waals surface area contributed by atoms with E-state index in [1.165, 1.54) is 24.3 Å². The standard InChI is InChI=1S/C22H14F6N2O5/c23-21(24,25)12-7-15(22(26,27)28)18(17(8-12)35-14-4-1-11(10-31)2-5-14)19(32)30-13-3-6-16(20(33)34)29-9-13/h1-9,31H,10H2,(H,30,32)(H,33,34). The Bertz CT molecular complexity index is 1240. The van der Waals surface area contributed by atoms with Crippen LogP contribution >= 0.6 is 0 Å². The third-order valence-corrected chi connectivity index (χ3v) is 4.54. The average molecular weight is 500 g/mol. The Morgan fingerprint density at radius 1 is 0.943 bits per heavy atom. The molecule has 3 N–H and O–H groups in total. The Labute approximate surface area is 192 Å². The first kappa shape index (κ1) is 25.5.